The first-order valence-corrected chi connectivity index (χ1v) is 10.8. The van der Waals surface area contributed by atoms with Gasteiger partial charge in [-0.3, -0.25) is 9.69 Å². The molecule has 0 aromatic heterocycles. The maximum absolute atomic E-state index is 12.4. The van der Waals surface area contributed by atoms with Crippen molar-refractivity contribution in [2.75, 3.05) is 62.2 Å². The first kappa shape index (κ1) is 20.0. The Morgan fingerprint density at radius 3 is 2.45 bits per heavy atom. The first-order chi connectivity index (χ1) is 14.2. The van der Waals surface area contributed by atoms with Gasteiger partial charge in [-0.25, -0.2) is 0 Å². The third kappa shape index (κ3) is 5.43. The number of nitrogens with zero attached hydrogens (tertiary/aromatic N) is 3. The average molecular weight is 413 g/mol. The lowest BCUT2D eigenvalue weighted by Crippen LogP contribution is -2.49. The fourth-order valence-corrected chi connectivity index (χ4v) is 4.41. The summed E-state index contributed by atoms with van der Waals surface area (Å²) in [5.74, 6) is 0.665. The molecule has 2 fully saturated rings. The number of benzene rings is 2. The van der Waals surface area contributed by atoms with Crippen LogP contribution in [0.25, 0.3) is 0 Å². The van der Waals surface area contributed by atoms with Gasteiger partial charge in [-0.05, 0) is 42.7 Å². The molecule has 1 N–H and O–H groups in total. The van der Waals surface area contributed by atoms with Crippen molar-refractivity contribution in [3.63, 3.8) is 0 Å². The molecule has 2 aromatic rings. The van der Waals surface area contributed by atoms with Crippen molar-refractivity contribution < 1.29 is 4.79 Å². The molecule has 1 atom stereocenters. The molecule has 0 bridgehead atoms. The van der Waals surface area contributed by atoms with E-state index in [0.29, 0.717) is 12.5 Å². The lowest BCUT2D eigenvalue weighted by Gasteiger charge is -2.35. The van der Waals surface area contributed by atoms with Gasteiger partial charge in [0.15, 0.2) is 0 Å². The van der Waals surface area contributed by atoms with Crippen molar-refractivity contribution in [1.29, 1.82) is 0 Å². The van der Waals surface area contributed by atoms with Crippen LogP contribution in [0, 0.1) is 5.92 Å². The van der Waals surface area contributed by atoms with Crippen LogP contribution in [0.4, 0.5) is 11.4 Å². The van der Waals surface area contributed by atoms with Crippen molar-refractivity contribution in [3.8, 4) is 0 Å². The molecule has 2 aliphatic heterocycles. The van der Waals surface area contributed by atoms with Gasteiger partial charge in [0.2, 0.25) is 5.91 Å². The van der Waals surface area contributed by atoms with E-state index in [-0.39, 0.29) is 5.91 Å². The Bertz CT molecular complexity index is 808. The van der Waals surface area contributed by atoms with E-state index in [1.54, 1.807) is 0 Å². The van der Waals surface area contributed by atoms with Gasteiger partial charge >= 0.3 is 0 Å². The monoisotopic (exact) mass is 412 g/mol. The second kappa shape index (κ2) is 9.51. The fourth-order valence-electron chi connectivity index (χ4n) is 4.23. The molecule has 154 valence electrons. The van der Waals surface area contributed by atoms with Crippen molar-refractivity contribution in [3.05, 3.63) is 59.6 Å². The summed E-state index contributed by atoms with van der Waals surface area (Å²) in [6.07, 6.45) is 1.13. The fraction of sp³-hybridized carbons (Fsp3) is 0.435. The van der Waals surface area contributed by atoms with E-state index in [9.17, 15) is 4.79 Å². The number of carbonyl (C=O) groups is 1. The molecule has 1 amide bonds. The van der Waals surface area contributed by atoms with E-state index < -0.39 is 0 Å². The van der Waals surface area contributed by atoms with E-state index in [0.717, 1.165) is 62.9 Å². The van der Waals surface area contributed by atoms with Crippen LogP contribution in [0.2, 0.25) is 5.02 Å². The minimum Gasteiger partial charge on any atom is -0.371 e. The number of rotatable bonds is 6. The Morgan fingerprint density at radius 2 is 1.69 bits per heavy atom. The third-order valence-corrected chi connectivity index (χ3v) is 6.14. The number of piperazine rings is 1. The Hall–Kier alpha value is -2.24. The van der Waals surface area contributed by atoms with Crippen LogP contribution in [0.5, 0.6) is 0 Å². The van der Waals surface area contributed by atoms with Crippen LogP contribution in [0.3, 0.4) is 0 Å². The van der Waals surface area contributed by atoms with Crippen LogP contribution in [0.15, 0.2) is 54.6 Å². The van der Waals surface area contributed by atoms with Crippen molar-refractivity contribution in [2.24, 2.45) is 5.92 Å². The molecule has 29 heavy (non-hydrogen) atoms. The quantitative estimate of drug-likeness (QED) is 0.791. The average Bonchev–Trinajstić information content (AvgIpc) is 3.23. The zero-order valence-electron chi connectivity index (χ0n) is 16.8. The van der Waals surface area contributed by atoms with Crippen LogP contribution in [0.1, 0.15) is 6.42 Å². The predicted molar refractivity (Wildman–Crippen MR) is 120 cm³/mol. The molecule has 6 heteroatoms. The highest BCUT2D eigenvalue weighted by Gasteiger charge is 2.24. The van der Waals surface area contributed by atoms with Crippen LogP contribution in [-0.4, -0.2) is 63.2 Å². The standard InChI is InChI=1S/C23H29ClN4O/c24-20-5-4-8-22(15-20)27-13-11-26(12-14-27)18-23(29)25-16-19-9-10-28(17-19)21-6-2-1-3-7-21/h1-8,15,19H,9-14,16-18H2,(H,25,29)/t19-/m1/s1. The molecule has 0 aliphatic carbocycles. The van der Waals surface area contributed by atoms with Crippen LogP contribution >= 0.6 is 11.6 Å². The second-order valence-corrected chi connectivity index (χ2v) is 8.42. The van der Waals surface area contributed by atoms with Crippen molar-refractivity contribution in [2.45, 2.75) is 6.42 Å². The smallest absolute Gasteiger partial charge is 0.234 e. The van der Waals surface area contributed by atoms with Crippen LogP contribution in [-0.2, 0) is 4.79 Å². The Morgan fingerprint density at radius 1 is 0.931 bits per heavy atom. The summed E-state index contributed by atoms with van der Waals surface area (Å²) in [6, 6.07) is 18.5. The van der Waals surface area contributed by atoms with E-state index in [2.05, 4.69) is 50.3 Å². The van der Waals surface area contributed by atoms with Gasteiger partial charge in [-0.2, -0.15) is 0 Å². The van der Waals surface area contributed by atoms with Gasteiger partial charge in [0.05, 0.1) is 6.54 Å². The zero-order chi connectivity index (χ0) is 20.1. The van der Waals surface area contributed by atoms with Gasteiger partial charge in [-0.15, -0.1) is 0 Å². The highest BCUT2D eigenvalue weighted by molar-refractivity contribution is 6.30. The number of nitrogens with one attached hydrogen (secondary N) is 1. The molecule has 2 saturated heterocycles. The summed E-state index contributed by atoms with van der Waals surface area (Å²) in [5, 5.41) is 3.92. The minimum absolute atomic E-state index is 0.138. The maximum atomic E-state index is 12.4. The number of hydrogen-bond acceptors (Lipinski definition) is 4. The van der Waals surface area contributed by atoms with Gasteiger partial charge < -0.3 is 15.1 Å². The molecule has 5 nitrogen and oxygen atoms in total. The zero-order valence-corrected chi connectivity index (χ0v) is 17.5. The number of amides is 1. The molecule has 2 aromatic carbocycles. The maximum Gasteiger partial charge on any atom is 0.234 e. The molecule has 0 spiro atoms. The third-order valence-electron chi connectivity index (χ3n) is 5.91. The summed E-state index contributed by atoms with van der Waals surface area (Å²) in [4.78, 5) is 19.4. The summed E-state index contributed by atoms with van der Waals surface area (Å²) in [5.41, 5.74) is 2.43. The molecular formula is C23H29ClN4O. The highest BCUT2D eigenvalue weighted by atomic mass is 35.5. The topological polar surface area (TPSA) is 38.8 Å². The Labute approximate surface area is 178 Å². The predicted octanol–water partition coefficient (Wildman–Crippen LogP) is 3.10. The normalized spacial score (nSPS) is 20.1. The van der Waals surface area contributed by atoms with Crippen molar-refractivity contribution in [1.82, 2.24) is 10.2 Å². The lowest BCUT2D eigenvalue weighted by molar-refractivity contribution is -0.122. The summed E-state index contributed by atoms with van der Waals surface area (Å²) < 4.78 is 0. The largest absolute Gasteiger partial charge is 0.371 e. The number of halogens is 1. The van der Waals surface area contributed by atoms with Gasteiger partial charge in [-0.1, -0.05) is 35.9 Å². The molecule has 2 aliphatic rings. The SMILES string of the molecule is O=C(CN1CCN(c2cccc(Cl)c2)CC1)NC[C@H]1CCN(c2ccccc2)C1. The summed E-state index contributed by atoms with van der Waals surface area (Å²) >= 11 is 6.10. The Kier molecular flexibility index (Phi) is 6.57. The number of anilines is 2. The molecular weight excluding hydrogens is 384 g/mol. The lowest BCUT2D eigenvalue weighted by atomic mass is 10.1. The number of carbonyl (C=O) groups excluding carboxylic acids is 1. The first-order valence-electron chi connectivity index (χ1n) is 10.5. The molecule has 4 rings (SSSR count). The van der Waals surface area contributed by atoms with Crippen LogP contribution < -0.4 is 15.1 Å². The van der Waals surface area contributed by atoms with Gasteiger partial charge in [0.25, 0.3) is 0 Å². The van der Waals surface area contributed by atoms with E-state index >= 15 is 0 Å². The van der Waals surface area contributed by atoms with Crippen molar-refractivity contribution >= 4 is 28.9 Å². The van der Waals surface area contributed by atoms with Gasteiger partial charge in [0, 0.05) is 62.2 Å². The van der Waals surface area contributed by atoms with Gasteiger partial charge in [0.1, 0.15) is 0 Å². The van der Waals surface area contributed by atoms with E-state index in [4.69, 9.17) is 11.6 Å². The molecule has 0 radical (unpaired) electrons. The van der Waals surface area contributed by atoms with E-state index in [1.807, 2.05) is 24.3 Å². The minimum atomic E-state index is 0.138. The summed E-state index contributed by atoms with van der Waals surface area (Å²) in [6.45, 7) is 6.96. The molecule has 0 saturated carbocycles. The van der Waals surface area contributed by atoms with E-state index in [1.165, 1.54) is 5.69 Å². The number of hydrogen-bond donors (Lipinski definition) is 1. The molecule has 2 heterocycles. The molecule has 0 unspecified atom stereocenters. The number of para-hydroxylation sites is 1. The second-order valence-electron chi connectivity index (χ2n) is 7.98. The summed E-state index contributed by atoms with van der Waals surface area (Å²) in [7, 11) is 0. The highest BCUT2D eigenvalue weighted by Crippen LogP contribution is 2.23. The Balaban J connectivity index is 1.16.